The number of hydrogen-bond acceptors (Lipinski definition) is 5. The summed E-state index contributed by atoms with van der Waals surface area (Å²) >= 11 is 3.10. The lowest BCUT2D eigenvalue weighted by Gasteiger charge is -1.99. The van der Waals surface area contributed by atoms with Crippen molar-refractivity contribution in [1.82, 2.24) is 0 Å². The molecule has 0 aliphatic carbocycles. The zero-order valence-corrected chi connectivity index (χ0v) is 13.5. The molecule has 1 heterocycles. The number of benzene rings is 2. The van der Waals surface area contributed by atoms with Crippen LogP contribution in [0.2, 0.25) is 0 Å². The van der Waals surface area contributed by atoms with E-state index in [2.05, 4.69) is 20.9 Å². The van der Waals surface area contributed by atoms with Crippen LogP contribution < -0.4 is 0 Å². The van der Waals surface area contributed by atoms with Gasteiger partial charge in [-0.2, -0.15) is 0 Å². The summed E-state index contributed by atoms with van der Waals surface area (Å²) in [5.74, 6) is -1.39. The fourth-order valence-electron chi connectivity index (χ4n) is 2.08. The van der Waals surface area contributed by atoms with Gasteiger partial charge in [-0.15, -0.1) is 0 Å². The van der Waals surface area contributed by atoms with Crippen molar-refractivity contribution in [1.29, 1.82) is 0 Å². The monoisotopic (exact) mass is 390 g/mol. The van der Waals surface area contributed by atoms with Gasteiger partial charge in [0.05, 0.1) is 15.0 Å². The van der Waals surface area contributed by atoms with Crippen molar-refractivity contribution in [3.8, 4) is 0 Å². The Kier molecular flexibility index (Phi) is 4.22. The van der Waals surface area contributed by atoms with Gasteiger partial charge in [0.1, 0.15) is 5.82 Å². The van der Waals surface area contributed by atoms with Crippen LogP contribution in [0.1, 0.15) is 11.1 Å². The maximum absolute atomic E-state index is 13.7. The van der Waals surface area contributed by atoms with E-state index in [-0.39, 0.29) is 27.3 Å². The molecule has 0 unspecified atom stereocenters. The van der Waals surface area contributed by atoms with E-state index in [0.717, 1.165) is 0 Å². The Balaban J connectivity index is 1.96. The van der Waals surface area contributed by atoms with Gasteiger partial charge in [0.15, 0.2) is 5.70 Å². The van der Waals surface area contributed by atoms with Crippen LogP contribution in [-0.2, 0) is 9.53 Å². The minimum atomic E-state index is -0.720. The summed E-state index contributed by atoms with van der Waals surface area (Å²) in [6.07, 6.45) is 1.41. The average molecular weight is 391 g/mol. The average Bonchev–Trinajstić information content (AvgIpc) is 2.88. The summed E-state index contributed by atoms with van der Waals surface area (Å²) in [5.41, 5.74) is 0.479. The van der Waals surface area contributed by atoms with Crippen molar-refractivity contribution < 1.29 is 18.8 Å². The SMILES string of the molecule is O=C1OC(c2ccccc2F)=N/C1=C\c1ccc([N+](=O)[O-])c(Br)c1. The first kappa shape index (κ1) is 16.0. The van der Waals surface area contributed by atoms with Gasteiger partial charge in [0.2, 0.25) is 5.90 Å². The molecule has 1 aliphatic rings. The molecule has 1 aliphatic heterocycles. The first-order chi connectivity index (χ1) is 11.5. The zero-order valence-electron chi connectivity index (χ0n) is 11.9. The highest BCUT2D eigenvalue weighted by Crippen LogP contribution is 2.27. The van der Waals surface area contributed by atoms with Gasteiger partial charge in [-0.1, -0.05) is 12.1 Å². The predicted octanol–water partition coefficient (Wildman–Crippen LogP) is 3.84. The molecule has 8 heteroatoms. The van der Waals surface area contributed by atoms with E-state index >= 15 is 0 Å². The molecule has 0 amide bonds. The number of halogens is 2. The third-order valence-corrected chi connectivity index (χ3v) is 3.83. The van der Waals surface area contributed by atoms with Crippen molar-refractivity contribution in [3.63, 3.8) is 0 Å². The molecule has 0 fully saturated rings. The van der Waals surface area contributed by atoms with Crippen molar-refractivity contribution in [3.05, 3.63) is 79.7 Å². The van der Waals surface area contributed by atoms with Crippen LogP contribution in [-0.4, -0.2) is 16.8 Å². The molecular weight excluding hydrogens is 383 g/mol. The molecule has 6 nitrogen and oxygen atoms in total. The number of nitro groups is 1. The Bertz CT molecular complexity index is 924. The number of cyclic esters (lactones) is 1. The van der Waals surface area contributed by atoms with Crippen LogP contribution in [0.4, 0.5) is 10.1 Å². The van der Waals surface area contributed by atoms with E-state index in [1.165, 1.54) is 42.5 Å². The van der Waals surface area contributed by atoms with Gasteiger partial charge < -0.3 is 4.74 Å². The van der Waals surface area contributed by atoms with Crippen molar-refractivity contribution in [2.45, 2.75) is 0 Å². The quantitative estimate of drug-likeness (QED) is 0.345. The second kappa shape index (κ2) is 6.32. The molecule has 0 bridgehead atoms. The molecule has 24 heavy (non-hydrogen) atoms. The van der Waals surface area contributed by atoms with Crippen LogP contribution >= 0.6 is 15.9 Å². The number of carbonyl (C=O) groups excluding carboxylic acids is 1. The van der Waals surface area contributed by atoms with E-state index in [0.29, 0.717) is 5.56 Å². The summed E-state index contributed by atoms with van der Waals surface area (Å²) in [7, 11) is 0. The van der Waals surface area contributed by atoms with Crippen LogP contribution in [0.15, 0.2) is 57.6 Å². The number of ether oxygens (including phenoxy) is 1. The third kappa shape index (κ3) is 3.09. The molecule has 0 aromatic heterocycles. The molecule has 3 rings (SSSR count). The normalized spacial score (nSPS) is 15.3. The molecule has 0 saturated carbocycles. The smallest absolute Gasteiger partial charge is 0.363 e. The predicted molar refractivity (Wildman–Crippen MR) is 87.8 cm³/mol. The van der Waals surface area contributed by atoms with Gasteiger partial charge in [0, 0.05) is 6.07 Å². The summed E-state index contributed by atoms with van der Waals surface area (Å²) in [5, 5.41) is 10.8. The van der Waals surface area contributed by atoms with E-state index in [9.17, 15) is 19.3 Å². The molecule has 0 atom stereocenters. The summed E-state index contributed by atoms with van der Waals surface area (Å²) in [4.78, 5) is 26.1. The van der Waals surface area contributed by atoms with E-state index in [4.69, 9.17) is 4.74 Å². The van der Waals surface area contributed by atoms with Crippen LogP contribution in [0, 0.1) is 15.9 Å². The lowest BCUT2D eigenvalue weighted by molar-refractivity contribution is -0.385. The van der Waals surface area contributed by atoms with Crippen molar-refractivity contribution in [2.24, 2.45) is 4.99 Å². The topological polar surface area (TPSA) is 81.8 Å². The number of rotatable bonds is 3. The largest absolute Gasteiger partial charge is 0.402 e. The molecule has 0 saturated heterocycles. The fraction of sp³-hybridized carbons (Fsp3) is 0. The Morgan fingerprint density at radius 2 is 2.00 bits per heavy atom. The fourth-order valence-corrected chi connectivity index (χ4v) is 2.62. The number of nitro benzene ring substituents is 1. The number of nitrogens with zero attached hydrogens (tertiary/aromatic N) is 2. The number of aliphatic imine (C=N–C) groups is 1. The highest BCUT2D eigenvalue weighted by Gasteiger charge is 2.26. The Morgan fingerprint density at radius 3 is 2.67 bits per heavy atom. The maximum Gasteiger partial charge on any atom is 0.363 e. The van der Waals surface area contributed by atoms with Crippen molar-refractivity contribution >= 4 is 39.6 Å². The Hall–Kier alpha value is -2.87. The number of esters is 1. The Labute approximate surface area is 143 Å². The molecule has 2 aromatic carbocycles. The molecule has 120 valence electrons. The highest BCUT2D eigenvalue weighted by molar-refractivity contribution is 9.10. The van der Waals surface area contributed by atoms with E-state index < -0.39 is 16.7 Å². The van der Waals surface area contributed by atoms with Gasteiger partial charge in [-0.05, 0) is 51.8 Å². The first-order valence-electron chi connectivity index (χ1n) is 6.67. The maximum atomic E-state index is 13.7. The van der Waals surface area contributed by atoms with Crippen LogP contribution in [0.3, 0.4) is 0 Å². The second-order valence-electron chi connectivity index (χ2n) is 4.78. The zero-order chi connectivity index (χ0) is 17.3. The van der Waals surface area contributed by atoms with Gasteiger partial charge in [-0.25, -0.2) is 14.2 Å². The standard InChI is InChI=1S/C16H8BrFN2O4/c17-11-7-9(5-6-14(11)20(22)23)8-13-16(21)24-15(19-13)10-3-1-2-4-12(10)18/h1-8H/b13-8-. The van der Waals surface area contributed by atoms with E-state index in [1.54, 1.807) is 6.07 Å². The summed E-state index contributed by atoms with van der Waals surface area (Å²) < 4.78 is 19.0. The molecule has 0 N–H and O–H groups in total. The van der Waals surface area contributed by atoms with Gasteiger partial charge in [-0.3, -0.25) is 10.1 Å². The lowest BCUT2D eigenvalue weighted by Crippen LogP contribution is -2.07. The third-order valence-electron chi connectivity index (χ3n) is 3.20. The van der Waals surface area contributed by atoms with Gasteiger partial charge in [0.25, 0.3) is 5.69 Å². The highest BCUT2D eigenvalue weighted by atomic mass is 79.9. The lowest BCUT2D eigenvalue weighted by atomic mass is 10.2. The number of hydrogen-bond donors (Lipinski definition) is 0. The van der Waals surface area contributed by atoms with Gasteiger partial charge >= 0.3 is 5.97 Å². The van der Waals surface area contributed by atoms with E-state index in [1.807, 2.05) is 0 Å². The molecular formula is C16H8BrFN2O4. The molecule has 2 aromatic rings. The summed E-state index contributed by atoms with van der Waals surface area (Å²) in [6, 6.07) is 10.1. The van der Waals surface area contributed by atoms with Crippen LogP contribution in [0.25, 0.3) is 6.08 Å². The molecule has 0 spiro atoms. The summed E-state index contributed by atoms with van der Waals surface area (Å²) in [6.45, 7) is 0. The minimum absolute atomic E-state index is 0.0194. The minimum Gasteiger partial charge on any atom is -0.402 e. The molecule has 0 radical (unpaired) electrons. The van der Waals surface area contributed by atoms with Crippen molar-refractivity contribution in [2.75, 3.05) is 0 Å². The first-order valence-corrected chi connectivity index (χ1v) is 7.46. The number of carbonyl (C=O) groups is 1. The Morgan fingerprint density at radius 1 is 1.25 bits per heavy atom. The van der Waals surface area contributed by atoms with Crippen LogP contribution in [0.5, 0.6) is 0 Å². The second-order valence-corrected chi connectivity index (χ2v) is 5.64.